The van der Waals surface area contributed by atoms with E-state index in [0.29, 0.717) is 0 Å². The van der Waals surface area contributed by atoms with Crippen molar-refractivity contribution in [3.05, 3.63) is 24.4 Å². The lowest BCUT2D eigenvalue weighted by Crippen LogP contribution is -2.37. The van der Waals surface area contributed by atoms with Crippen molar-refractivity contribution in [1.82, 2.24) is 10.7 Å². The number of allylic oxidation sites excluding steroid dienone is 1. The molecule has 5 nitrogen and oxygen atoms in total. The van der Waals surface area contributed by atoms with Crippen LogP contribution in [0.4, 0.5) is 0 Å². The van der Waals surface area contributed by atoms with E-state index in [4.69, 9.17) is 5.02 Å². The standard InChI is InChI=1S/C8H15BN2O3/c1-3-6-9(13)11-8(12)5-4-7-14-10-2/h3-4,6-7,10,13H,5H2,1-2H3,(H,11,12)/b6-3+,7-4+. The van der Waals surface area contributed by atoms with Crippen molar-refractivity contribution in [2.24, 2.45) is 0 Å². The van der Waals surface area contributed by atoms with Crippen LogP contribution in [-0.2, 0) is 9.63 Å². The molecule has 0 spiro atoms. The van der Waals surface area contributed by atoms with E-state index in [1.165, 1.54) is 18.3 Å². The Bertz CT molecular complexity index is 219. The molecule has 0 saturated heterocycles. The molecule has 0 bridgehead atoms. The van der Waals surface area contributed by atoms with Crippen LogP contribution in [0.1, 0.15) is 13.3 Å². The van der Waals surface area contributed by atoms with Crippen molar-refractivity contribution >= 4 is 13.0 Å². The first-order chi connectivity index (χ1) is 6.70. The summed E-state index contributed by atoms with van der Waals surface area (Å²) < 4.78 is 0. The second-order valence-electron chi connectivity index (χ2n) is 2.44. The van der Waals surface area contributed by atoms with Crippen molar-refractivity contribution < 1.29 is 14.7 Å². The van der Waals surface area contributed by atoms with Gasteiger partial charge >= 0.3 is 7.05 Å². The quantitative estimate of drug-likeness (QED) is 0.312. The molecule has 0 unspecified atom stereocenters. The average Bonchev–Trinajstić information content (AvgIpc) is 2.13. The molecule has 0 aromatic carbocycles. The van der Waals surface area contributed by atoms with Crippen LogP contribution in [-0.4, -0.2) is 25.0 Å². The summed E-state index contributed by atoms with van der Waals surface area (Å²) in [4.78, 5) is 15.7. The Morgan fingerprint density at radius 1 is 1.64 bits per heavy atom. The number of hydrogen-bond donors (Lipinski definition) is 3. The molecular weight excluding hydrogens is 183 g/mol. The smallest absolute Gasteiger partial charge is 0.429 e. The van der Waals surface area contributed by atoms with Crippen LogP contribution in [0, 0.1) is 0 Å². The summed E-state index contributed by atoms with van der Waals surface area (Å²) in [6.45, 7) is 1.76. The fourth-order valence-electron chi connectivity index (χ4n) is 0.726. The maximum Gasteiger partial charge on any atom is 0.440 e. The Balaban J connectivity index is 3.64. The fourth-order valence-corrected chi connectivity index (χ4v) is 0.726. The van der Waals surface area contributed by atoms with Gasteiger partial charge in [0.25, 0.3) is 0 Å². The third-order valence-electron chi connectivity index (χ3n) is 1.27. The van der Waals surface area contributed by atoms with Crippen LogP contribution >= 0.6 is 0 Å². The molecule has 3 N–H and O–H groups in total. The SMILES string of the molecule is C/C=C/B(O)NC(=O)C/C=C/ONC. The molecule has 0 rings (SSSR count). The first kappa shape index (κ1) is 12.7. The Labute approximate surface area is 83.9 Å². The van der Waals surface area contributed by atoms with E-state index in [-0.39, 0.29) is 12.3 Å². The normalized spacial score (nSPS) is 10.8. The molecule has 0 aliphatic carbocycles. The third-order valence-corrected chi connectivity index (χ3v) is 1.27. The Hall–Kier alpha value is -1.27. The zero-order chi connectivity index (χ0) is 10.8. The molecule has 0 radical (unpaired) electrons. The van der Waals surface area contributed by atoms with Gasteiger partial charge in [-0.3, -0.25) is 4.79 Å². The number of carbonyl (C=O) groups excluding carboxylic acids is 1. The van der Waals surface area contributed by atoms with Gasteiger partial charge in [0.15, 0.2) is 0 Å². The van der Waals surface area contributed by atoms with Gasteiger partial charge < -0.3 is 15.1 Å². The van der Waals surface area contributed by atoms with Gasteiger partial charge in [0.1, 0.15) is 6.26 Å². The highest BCUT2D eigenvalue weighted by molar-refractivity contribution is 6.56. The Morgan fingerprint density at radius 2 is 2.36 bits per heavy atom. The highest BCUT2D eigenvalue weighted by Gasteiger charge is 2.09. The molecular formula is C8H15BN2O3. The molecule has 78 valence electrons. The highest BCUT2D eigenvalue weighted by Crippen LogP contribution is 1.85. The second-order valence-corrected chi connectivity index (χ2v) is 2.44. The van der Waals surface area contributed by atoms with E-state index in [1.807, 2.05) is 0 Å². The summed E-state index contributed by atoms with van der Waals surface area (Å²) in [6.07, 6.45) is 4.72. The van der Waals surface area contributed by atoms with Crippen LogP contribution < -0.4 is 10.7 Å². The van der Waals surface area contributed by atoms with Gasteiger partial charge in [-0.1, -0.05) is 12.1 Å². The van der Waals surface area contributed by atoms with E-state index in [2.05, 4.69) is 15.5 Å². The van der Waals surface area contributed by atoms with E-state index in [9.17, 15) is 4.79 Å². The van der Waals surface area contributed by atoms with Gasteiger partial charge in [-0.15, -0.1) is 0 Å². The van der Waals surface area contributed by atoms with E-state index in [1.54, 1.807) is 20.0 Å². The van der Waals surface area contributed by atoms with Gasteiger partial charge in [0.05, 0.1) is 0 Å². The summed E-state index contributed by atoms with van der Waals surface area (Å²) >= 11 is 0. The summed E-state index contributed by atoms with van der Waals surface area (Å²) in [6, 6.07) is 0. The number of rotatable bonds is 6. The first-order valence-electron chi connectivity index (χ1n) is 4.28. The number of hydrogen-bond acceptors (Lipinski definition) is 4. The molecule has 0 aromatic rings. The van der Waals surface area contributed by atoms with Gasteiger partial charge in [0, 0.05) is 13.5 Å². The zero-order valence-electron chi connectivity index (χ0n) is 8.36. The minimum atomic E-state index is -0.925. The Morgan fingerprint density at radius 3 is 2.93 bits per heavy atom. The molecule has 0 saturated carbocycles. The third kappa shape index (κ3) is 7.39. The minimum Gasteiger partial charge on any atom is -0.429 e. The molecule has 0 aliphatic rings. The molecule has 6 heteroatoms. The predicted molar refractivity (Wildman–Crippen MR) is 54.8 cm³/mol. The molecule has 0 fully saturated rings. The number of carbonyl (C=O) groups is 1. The van der Waals surface area contributed by atoms with E-state index in [0.717, 1.165) is 0 Å². The van der Waals surface area contributed by atoms with Crippen molar-refractivity contribution in [3.63, 3.8) is 0 Å². The van der Waals surface area contributed by atoms with Crippen LogP contribution in [0.25, 0.3) is 0 Å². The lowest BCUT2D eigenvalue weighted by Gasteiger charge is -2.02. The maximum absolute atomic E-state index is 11.1. The summed E-state index contributed by atoms with van der Waals surface area (Å²) in [7, 11) is 0.686. The monoisotopic (exact) mass is 198 g/mol. The molecule has 14 heavy (non-hydrogen) atoms. The fraction of sp³-hybridized carbons (Fsp3) is 0.375. The number of nitrogens with one attached hydrogen (secondary N) is 2. The number of amides is 1. The maximum atomic E-state index is 11.1. The van der Waals surface area contributed by atoms with Crippen molar-refractivity contribution in [3.8, 4) is 0 Å². The van der Waals surface area contributed by atoms with Crippen LogP contribution in [0.5, 0.6) is 0 Å². The van der Waals surface area contributed by atoms with Crippen molar-refractivity contribution in [1.29, 1.82) is 0 Å². The Kier molecular flexibility index (Phi) is 7.58. The van der Waals surface area contributed by atoms with Gasteiger partial charge in [-0.25, -0.2) is 0 Å². The lowest BCUT2D eigenvalue weighted by molar-refractivity contribution is -0.118. The zero-order valence-corrected chi connectivity index (χ0v) is 8.36. The molecule has 0 heterocycles. The molecule has 0 atom stereocenters. The number of hydroxylamine groups is 1. The highest BCUT2D eigenvalue weighted by atomic mass is 16.6. The summed E-state index contributed by atoms with van der Waals surface area (Å²) in [5.41, 5.74) is 2.42. The largest absolute Gasteiger partial charge is 0.440 e. The second kappa shape index (κ2) is 8.34. The average molecular weight is 198 g/mol. The van der Waals surface area contributed by atoms with Crippen LogP contribution in [0.2, 0.25) is 0 Å². The molecule has 0 aromatic heterocycles. The molecule has 0 aliphatic heterocycles. The first-order valence-corrected chi connectivity index (χ1v) is 4.28. The van der Waals surface area contributed by atoms with E-state index < -0.39 is 7.05 Å². The van der Waals surface area contributed by atoms with Gasteiger partial charge in [-0.2, -0.15) is 5.48 Å². The van der Waals surface area contributed by atoms with Crippen molar-refractivity contribution in [2.45, 2.75) is 13.3 Å². The lowest BCUT2D eigenvalue weighted by atomic mass is 9.83. The minimum absolute atomic E-state index is 0.163. The summed E-state index contributed by atoms with van der Waals surface area (Å²) in [5.74, 6) is 1.21. The topological polar surface area (TPSA) is 70.6 Å². The summed E-state index contributed by atoms with van der Waals surface area (Å²) in [5, 5.41) is 11.5. The van der Waals surface area contributed by atoms with E-state index >= 15 is 0 Å². The predicted octanol–water partition coefficient (Wildman–Crippen LogP) is -0.247. The van der Waals surface area contributed by atoms with Crippen LogP contribution in [0.3, 0.4) is 0 Å². The van der Waals surface area contributed by atoms with Gasteiger partial charge in [-0.05, 0) is 13.0 Å². The van der Waals surface area contributed by atoms with Gasteiger partial charge in [0.2, 0.25) is 5.91 Å². The van der Waals surface area contributed by atoms with Crippen LogP contribution in [0.15, 0.2) is 24.4 Å². The van der Waals surface area contributed by atoms with Crippen molar-refractivity contribution in [2.75, 3.05) is 7.05 Å². The molecule has 1 amide bonds.